The van der Waals surface area contributed by atoms with Gasteiger partial charge in [-0.15, -0.1) is 0 Å². The summed E-state index contributed by atoms with van der Waals surface area (Å²) in [6, 6.07) is 0. The molecule has 0 amide bonds. The minimum atomic E-state index is 0.303. The fourth-order valence-corrected chi connectivity index (χ4v) is 2.17. The van der Waals surface area contributed by atoms with Crippen LogP contribution in [0.2, 0.25) is 5.15 Å². The molecule has 1 fully saturated rings. The van der Waals surface area contributed by atoms with Gasteiger partial charge in [0.25, 0.3) is 0 Å². The van der Waals surface area contributed by atoms with Gasteiger partial charge in [-0.2, -0.15) is 5.10 Å². The third-order valence-electron chi connectivity index (χ3n) is 2.67. The topological polar surface area (TPSA) is 45.8 Å². The van der Waals surface area contributed by atoms with Crippen molar-refractivity contribution in [1.29, 1.82) is 0 Å². The second-order valence-electron chi connectivity index (χ2n) is 3.44. The zero-order chi connectivity index (χ0) is 9.26. The van der Waals surface area contributed by atoms with Crippen LogP contribution in [0.1, 0.15) is 47.7 Å². The van der Waals surface area contributed by atoms with Gasteiger partial charge in [0.05, 0.1) is 11.3 Å². The zero-order valence-corrected chi connectivity index (χ0v) is 7.97. The average Bonchev–Trinajstić information content (AvgIpc) is 2.71. The number of carbonyl (C=O) groups is 1. The smallest absolute Gasteiger partial charge is 0.161 e. The summed E-state index contributed by atoms with van der Waals surface area (Å²) >= 11 is 5.75. The van der Waals surface area contributed by atoms with Crippen molar-refractivity contribution in [2.24, 2.45) is 0 Å². The molecule has 1 saturated carbocycles. The summed E-state index contributed by atoms with van der Waals surface area (Å²) in [6.45, 7) is 0. The van der Waals surface area contributed by atoms with Crippen LogP contribution >= 0.6 is 11.6 Å². The SMILES string of the molecule is O=Cc1c(Cl)n[nH]c1C1CCCC1. The summed E-state index contributed by atoms with van der Waals surface area (Å²) in [4.78, 5) is 10.7. The summed E-state index contributed by atoms with van der Waals surface area (Å²) < 4.78 is 0. The first-order valence-corrected chi connectivity index (χ1v) is 4.89. The molecule has 1 aromatic heterocycles. The van der Waals surface area contributed by atoms with Crippen LogP contribution in [0.4, 0.5) is 0 Å². The van der Waals surface area contributed by atoms with Gasteiger partial charge in [-0.3, -0.25) is 9.89 Å². The number of aldehydes is 1. The summed E-state index contributed by atoms with van der Waals surface area (Å²) in [5, 5.41) is 7.00. The summed E-state index contributed by atoms with van der Waals surface area (Å²) in [6.07, 6.45) is 5.54. The molecule has 4 heteroatoms. The maximum absolute atomic E-state index is 10.7. The van der Waals surface area contributed by atoms with E-state index in [1.54, 1.807) is 0 Å². The molecule has 0 radical (unpaired) electrons. The Morgan fingerprint density at radius 1 is 1.46 bits per heavy atom. The van der Waals surface area contributed by atoms with Gasteiger partial charge in [-0.1, -0.05) is 24.4 Å². The Labute approximate surface area is 81.5 Å². The molecule has 13 heavy (non-hydrogen) atoms. The number of carbonyl (C=O) groups excluding carboxylic acids is 1. The fourth-order valence-electron chi connectivity index (χ4n) is 1.98. The Morgan fingerprint density at radius 2 is 2.15 bits per heavy atom. The number of aromatic nitrogens is 2. The highest BCUT2D eigenvalue weighted by Crippen LogP contribution is 2.35. The van der Waals surface area contributed by atoms with E-state index in [2.05, 4.69) is 10.2 Å². The summed E-state index contributed by atoms with van der Waals surface area (Å²) in [5.41, 5.74) is 1.48. The van der Waals surface area contributed by atoms with E-state index in [0.29, 0.717) is 16.6 Å². The molecule has 0 atom stereocenters. The molecule has 2 rings (SSSR count). The molecule has 1 aromatic rings. The highest BCUT2D eigenvalue weighted by Gasteiger charge is 2.23. The number of nitrogens with one attached hydrogen (secondary N) is 1. The van der Waals surface area contributed by atoms with Gasteiger partial charge in [0, 0.05) is 5.92 Å². The minimum absolute atomic E-state index is 0.303. The van der Waals surface area contributed by atoms with Crippen molar-refractivity contribution in [2.45, 2.75) is 31.6 Å². The minimum Gasteiger partial charge on any atom is -0.298 e. The van der Waals surface area contributed by atoms with Crippen molar-refractivity contribution < 1.29 is 4.79 Å². The van der Waals surface area contributed by atoms with E-state index in [-0.39, 0.29) is 0 Å². The third-order valence-corrected chi connectivity index (χ3v) is 2.96. The molecule has 0 unspecified atom stereocenters. The largest absolute Gasteiger partial charge is 0.298 e. The van der Waals surface area contributed by atoms with Crippen LogP contribution in [0, 0.1) is 0 Å². The maximum Gasteiger partial charge on any atom is 0.161 e. The predicted octanol–water partition coefficient (Wildman–Crippen LogP) is 2.53. The Kier molecular flexibility index (Phi) is 2.36. The molecule has 0 aromatic carbocycles. The summed E-state index contributed by atoms with van der Waals surface area (Å²) in [7, 11) is 0. The van der Waals surface area contributed by atoms with Crippen LogP contribution in [-0.4, -0.2) is 16.5 Å². The van der Waals surface area contributed by atoms with E-state index in [0.717, 1.165) is 24.8 Å². The molecule has 0 bridgehead atoms. The van der Waals surface area contributed by atoms with Crippen molar-refractivity contribution in [2.75, 3.05) is 0 Å². The van der Waals surface area contributed by atoms with Gasteiger partial charge < -0.3 is 0 Å². The second-order valence-corrected chi connectivity index (χ2v) is 3.80. The van der Waals surface area contributed by atoms with Gasteiger partial charge in [-0.05, 0) is 12.8 Å². The molecular weight excluding hydrogens is 188 g/mol. The van der Waals surface area contributed by atoms with Crippen LogP contribution in [0.3, 0.4) is 0 Å². The highest BCUT2D eigenvalue weighted by molar-refractivity contribution is 6.31. The molecule has 1 aliphatic rings. The quantitative estimate of drug-likeness (QED) is 0.743. The van der Waals surface area contributed by atoms with E-state index in [1.807, 2.05) is 0 Å². The lowest BCUT2D eigenvalue weighted by Gasteiger charge is -2.05. The molecule has 70 valence electrons. The van der Waals surface area contributed by atoms with E-state index < -0.39 is 0 Å². The number of hydrogen-bond donors (Lipinski definition) is 1. The number of rotatable bonds is 2. The number of H-pyrrole nitrogens is 1. The Hall–Kier alpha value is -0.830. The van der Waals surface area contributed by atoms with Gasteiger partial charge in [0.15, 0.2) is 11.4 Å². The van der Waals surface area contributed by atoms with Crippen molar-refractivity contribution in [1.82, 2.24) is 10.2 Å². The molecule has 0 aliphatic heterocycles. The van der Waals surface area contributed by atoms with Crippen molar-refractivity contribution in [3.63, 3.8) is 0 Å². The standard InChI is InChI=1S/C9H11ClN2O/c10-9-7(5-13)8(11-12-9)6-3-1-2-4-6/h5-6H,1-4H2,(H,11,12). The number of halogens is 1. The molecule has 1 heterocycles. The predicted molar refractivity (Wildman–Crippen MR) is 50.2 cm³/mol. The second kappa shape index (κ2) is 3.50. The van der Waals surface area contributed by atoms with E-state index in [4.69, 9.17) is 11.6 Å². The first-order valence-electron chi connectivity index (χ1n) is 4.52. The highest BCUT2D eigenvalue weighted by atomic mass is 35.5. The first kappa shape index (κ1) is 8.75. The van der Waals surface area contributed by atoms with Gasteiger partial charge >= 0.3 is 0 Å². The van der Waals surface area contributed by atoms with Crippen LogP contribution < -0.4 is 0 Å². The first-order chi connectivity index (χ1) is 6.33. The van der Waals surface area contributed by atoms with Crippen LogP contribution in [0.25, 0.3) is 0 Å². The molecule has 1 N–H and O–H groups in total. The normalized spacial score (nSPS) is 17.9. The average molecular weight is 199 g/mol. The number of hydrogen-bond acceptors (Lipinski definition) is 2. The molecular formula is C9H11ClN2O. The molecule has 3 nitrogen and oxygen atoms in total. The summed E-state index contributed by atoms with van der Waals surface area (Å²) in [5.74, 6) is 0.459. The zero-order valence-electron chi connectivity index (χ0n) is 7.22. The van der Waals surface area contributed by atoms with Crippen molar-refractivity contribution >= 4 is 17.9 Å². The van der Waals surface area contributed by atoms with E-state index >= 15 is 0 Å². The monoisotopic (exact) mass is 198 g/mol. The molecule has 1 aliphatic carbocycles. The lowest BCUT2D eigenvalue weighted by Crippen LogP contribution is -1.96. The van der Waals surface area contributed by atoms with Gasteiger partial charge in [0.2, 0.25) is 0 Å². The maximum atomic E-state index is 10.7. The Bertz CT molecular complexity index is 315. The van der Waals surface area contributed by atoms with Crippen molar-refractivity contribution in [3.8, 4) is 0 Å². The van der Waals surface area contributed by atoms with Crippen LogP contribution in [-0.2, 0) is 0 Å². The van der Waals surface area contributed by atoms with Crippen molar-refractivity contribution in [3.05, 3.63) is 16.4 Å². The molecule has 0 spiro atoms. The lowest BCUT2D eigenvalue weighted by atomic mass is 10.0. The van der Waals surface area contributed by atoms with Gasteiger partial charge in [-0.25, -0.2) is 0 Å². The van der Waals surface area contributed by atoms with E-state index in [9.17, 15) is 4.79 Å². The fraction of sp³-hybridized carbons (Fsp3) is 0.556. The third kappa shape index (κ3) is 1.48. The van der Waals surface area contributed by atoms with Gasteiger partial charge in [0.1, 0.15) is 0 Å². The number of aromatic amines is 1. The van der Waals surface area contributed by atoms with E-state index in [1.165, 1.54) is 12.8 Å². The van der Waals surface area contributed by atoms with Crippen LogP contribution in [0.5, 0.6) is 0 Å². The Balaban J connectivity index is 2.32. The van der Waals surface area contributed by atoms with Crippen LogP contribution in [0.15, 0.2) is 0 Å². The molecule has 0 saturated heterocycles. The number of nitrogens with zero attached hydrogens (tertiary/aromatic N) is 1. The lowest BCUT2D eigenvalue weighted by molar-refractivity contribution is 0.112. The Morgan fingerprint density at radius 3 is 2.77 bits per heavy atom.